The number of hydrogen-bond acceptors (Lipinski definition) is 3. The summed E-state index contributed by atoms with van der Waals surface area (Å²) in [7, 11) is 1.37. The minimum atomic E-state index is -1.15. The van der Waals surface area contributed by atoms with Crippen LogP contribution in [-0.2, 0) is 16.0 Å². The summed E-state index contributed by atoms with van der Waals surface area (Å²) in [6, 6.07) is 4.41. The smallest absolute Gasteiger partial charge is 0.410 e. The number of benzene rings is 1. The third-order valence-electron chi connectivity index (χ3n) is 2.78. The molecule has 1 amide bonds. The van der Waals surface area contributed by atoms with Gasteiger partial charge in [-0.1, -0.05) is 12.1 Å². The lowest BCUT2D eigenvalue weighted by Crippen LogP contribution is -2.46. The molecule has 0 radical (unpaired) electrons. The first-order valence-corrected chi connectivity index (χ1v) is 6.53. The van der Waals surface area contributed by atoms with Gasteiger partial charge in [0.25, 0.3) is 0 Å². The van der Waals surface area contributed by atoms with Crippen molar-refractivity contribution in [2.24, 2.45) is 0 Å². The summed E-state index contributed by atoms with van der Waals surface area (Å²) in [6.07, 6.45) is -0.636. The van der Waals surface area contributed by atoms with Gasteiger partial charge in [0.05, 0.1) is 0 Å². The molecule has 116 valence electrons. The van der Waals surface area contributed by atoms with Crippen LogP contribution in [0.5, 0.6) is 0 Å². The molecule has 0 bridgehead atoms. The number of nitrogens with zero attached hydrogens (tertiary/aromatic N) is 1. The number of hydrogen-bond donors (Lipinski definition) is 1. The van der Waals surface area contributed by atoms with Crippen LogP contribution in [0.3, 0.4) is 0 Å². The maximum absolute atomic E-state index is 12.9. The van der Waals surface area contributed by atoms with E-state index >= 15 is 0 Å². The van der Waals surface area contributed by atoms with Crippen molar-refractivity contribution < 1.29 is 23.8 Å². The van der Waals surface area contributed by atoms with Crippen LogP contribution < -0.4 is 0 Å². The standard InChI is InChI=1S/C15H20FNO4/c1-15(2,3)21-14(20)17(4)12(13(18)19)9-10-5-7-11(16)8-6-10/h5-8,12H,9H2,1-4H3,(H,18,19). The van der Waals surface area contributed by atoms with Crippen LogP contribution in [0.1, 0.15) is 26.3 Å². The third kappa shape index (κ3) is 5.41. The Hall–Kier alpha value is -2.11. The van der Waals surface area contributed by atoms with E-state index in [2.05, 4.69) is 0 Å². The van der Waals surface area contributed by atoms with Crippen LogP contribution in [0.15, 0.2) is 24.3 Å². The maximum atomic E-state index is 12.9. The van der Waals surface area contributed by atoms with Gasteiger partial charge < -0.3 is 9.84 Å². The Morgan fingerprint density at radius 3 is 2.24 bits per heavy atom. The zero-order chi connectivity index (χ0) is 16.2. The van der Waals surface area contributed by atoms with E-state index in [0.29, 0.717) is 5.56 Å². The van der Waals surface area contributed by atoms with Gasteiger partial charge in [0, 0.05) is 13.5 Å². The number of rotatable bonds is 4. The predicted molar refractivity (Wildman–Crippen MR) is 75.5 cm³/mol. The number of carbonyl (C=O) groups is 2. The highest BCUT2D eigenvalue weighted by Gasteiger charge is 2.30. The summed E-state index contributed by atoms with van der Waals surface area (Å²) in [4.78, 5) is 24.3. The topological polar surface area (TPSA) is 66.8 Å². The van der Waals surface area contributed by atoms with E-state index in [-0.39, 0.29) is 6.42 Å². The van der Waals surface area contributed by atoms with Gasteiger partial charge in [-0.2, -0.15) is 0 Å². The summed E-state index contributed by atoms with van der Waals surface area (Å²) in [5.41, 5.74) is -0.0798. The van der Waals surface area contributed by atoms with Crippen molar-refractivity contribution in [2.75, 3.05) is 7.05 Å². The van der Waals surface area contributed by atoms with Gasteiger partial charge >= 0.3 is 12.1 Å². The van der Waals surface area contributed by atoms with Gasteiger partial charge in [0.1, 0.15) is 17.5 Å². The zero-order valence-electron chi connectivity index (χ0n) is 12.6. The van der Waals surface area contributed by atoms with E-state index in [1.807, 2.05) is 0 Å². The fourth-order valence-electron chi connectivity index (χ4n) is 1.69. The fraction of sp³-hybridized carbons (Fsp3) is 0.467. The van der Waals surface area contributed by atoms with Crippen molar-refractivity contribution in [3.63, 3.8) is 0 Å². The van der Waals surface area contributed by atoms with Gasteiger partial charge in [-0.05, 0) is 38.5 Å². The number of carboxylic acid groups (broad SMARTS) is 1. The fourth-order valence-corrected chi connectivity index (χ4v) is 1.69. The average molecular weight is 297 g/mol. The van der Waals surface area contributed by atoms with E-state index in [0.717, 1.165) is 4.90 Å². The predicted octanol–water partition coefficient (Wildman–Crippen LogP) is 2.69. The third-order valence-corrected chi connectivity index (χ3v) is 2.78. The number of likely N-dealkylation sites (N-methyl/N-ethyl adjacent to an activating group) is 1. The van der Waals surface area contributed by atoms with Crippen LogP contribution in [0.2, 0.25) is 0 Å². The Morgan fingerprint density at radius 1 is 1.29 bits per heavy atom. The Balaban J connectivity index is 2.83. The van der Waals surface area contributed by atoms with E-state index in [4.69, 9.17) is 4.74 Å². The largest absolute Gasteiger partial charge is 0.480 e. The van der Waals surface area contributed by atoms with E-state index in [1.54, 1.807) is 20.8 Å². The van der Waals surface area contributed by atoms with Gasteiger partial charge in [-0.15, -0.1) is 0 Å². The maximum Gasteiger partial charge on any atom is 0.410 e. The average Bonchev–Trinajstić information content (AvgIpc) is 2.34. The molecule has 0 heterocycles. The Bertz CT molecular complexity index is 507. The molecule has 0 saturated heterocycles. The molecule has 0 aliphatic heterocycles. The van der Waals surface area contributed by atoms with Gasteiger partial charge in [-0.25, -0.2) is 14.0 Å². The molecule has 1 aromatic rings. The number of ether oxygens (including phenoxy) is 1. The van der Waals surface area contributed by atoms with Crippen LogP contribution in [0.25, 0.3) is 0 Å². The number of aliphatic carboxylic acids is 1. The van der Waals surface area contributed by atoms with Crippen molar-refractivity contribution in [3.8, 4) is 0 Å². The minimum absolute atomic E-state index is 0.0748. The van der Waals surface area contributed by atoms with Crippen LogP contribution >= 0.6 is 0 Å². The molecule has 5 nitrogen and oxygen atoms in total. The molecule has 0 aliphatic carbocycles. The summed E-state index contributed by atoms with van der Waals surface area (Å²) in [5.74, 6) is -1.54. The summed E-state index contributed by atoms with van der Waals surface area (Å²) in [6.45, 7) is 5.11. The monoisotopic (exact) mass is 297 g/mol. The van der Waals surface area contributed by atoms with E-state index in [1.165, 1.54) is 31.3 Å². The lowest BCUT2D eigenvalue weighted by atomic mass is 10.1. The first kappa shape index (κ1) is 16.9. The molecule has 1 unspecified atom stereocenters. The Morgan fingerprint density at radius 2 is 1.81 bits per heavy atom. The second kappa shape index (κ2) is 6.56. The molecular weight excluding hydrogens is 277 g/mol. The molecule has 1 aromatic carbocycles. The molecule has 0 aromatic heterocycles. The quantitative estimate of drug-likeness (QED) is 0.928. The van der Waals surface area contributed by atoms with Crippen molar-refractivity contribution in [2.45, 2.75) is 38.8 Å². The highest BCUT2D eigenvalue weighted by Crippen LogP contribution is 2.14. The normalized spacial score (nSPS) is 12.6. The molecule has 21 heavy (non-hydrogen) atoms. The molecule has 0 spiro atoms. The van der Waals surface area contributed by atoms with Crippen molar-refractivity contribution in [1.29, 1.82) is 0 Å². The molecule has 1 rings (SSSR count). The van der Waals surface area contributed by atoms with Crippen molar-refractivity contribution in [1.82, 2.24) is 4.90 Å². The number of carbonyl (C=O) groups excluding carboxylic acids is 1. The number of amides is 1. The molecule has 0 aliphatic rings. The highest BCUT2D eigenvalue weighted by atomic mass is 19.1. The Kier molecular flexibility index (Phi) is 5.29. The summed E-state index contributed by atoms with van der Waals surface area (Å²) in [5, 5.41) is 9.28. The minimum Gasteiger partial charge on any atom is -0.480 e. The molecule has 0 fully saturated rings. The van der Waals surface area contributed by atoms with Crippen molar-refractivity contribution in [3.05, 3.63) is 35.6 Å². The number of halogens is 1. The molecule has 1 atom stereocenters. The van der Waals surface area contributed by atoms with Gasteiger partial charge in [0.2, 0.25) is 0 Å². The Labute approximate surface area is 123 Å². The molecular formula is C15H20FNO4. The first-order chi connectivity index (χ1) is 9.60. The zero-order valence-corrected chi connectivity index (χ0v) is 12.6. The van der Waals surface area contributed by atoms with Crippen molar-refractivity contribution >= 4 is 12.1 Å². The number of carboxylic acids is 1. The second-order valence-electron chi connectivity index (χ2n) is 5.78. The van der Waals surface area contributed by atoms with Gasteiger partial charge in [0.15, 0.2) is 0 Å². The summed E-state index contributed by atoms with van der Waals surface area (Å²) < 4.78 is 18.0. The van der Waals surface area contributed by atoms with Crippen LogP contribution in [0, 0.1) is 5.82 Å². The molecule has 6 heteroatoms. The van der Waals surface area contributed by atoms with E-state index < -0.39 is 29.5 Å². The highest BCUT2D eigenvalue weighted by molar-refractivity contribution is 5.80. The summed E-state index contributed by atoms with van der Waals surface area (Å²) >= 11 is 0. The lowest BCUT2D eigenvalue weighted by molar-refractivity contribution is -0.142. The second-order valence-corrected chi connectivity index (χ2v) is 5.78. The molecule has 0 saturated carbocycles. The van der Waals surface area contributed by atoms with Crippen LogP contribution in [0.4, 0.5) is 9.18 Å². The first-order valence-electron chi connectivity index (χ1n) is 6.53. The van der Waals surface area contributed by atoms with E-state index in [9.17, 15) is 19.1 Å². The lowest BCUT2D eigenvalue weighted by Gasteiger charge is -2.28. The molecule has 1 N–H and O–H groups in total. The SMILES string of the molecule is CN(C(=O)OC(C)(C)C)C(Cc1ccc(F)cc1)C(=O)O. The van der Waals surface area contributed by atoms with Gasteiger partial charge in [-0.3, -0.25) is 4.90 Å². The van der Waals surface area contributed by atoms with Crippen LogP contribution in [-0.4, -0.2) is 40.8 Å².